The molecule has 1 unspecified atom stereocenters. The average Bonchev–Trinajstić information content (AvgIpc) is 3.28. The molecule has 0 saturated carbocycles. The van der Waals surface area contributed by atoms with E-state index in [1.807, 2.05) is 30.3 Å². The van der Waals surface area contributed by atoms with Crippen LogP contribution in [0.3, 0.4) is 0 Å². The van der Waals surface area contributed by atoms with Gasteiger partial charge < -0.3 is 14.0 Å². The zero-order valence-electron chi connectivity index (χ0n) is 15.8. The van der Waals surface area contributed by atoms with E-state index in [2.05, 4.69) is 39.0 Å². The summed E-state index contributed by atoms with van der Waals surface area (Å²) in [6.45, 7) is 5.84. The highest BCUT2D eigenvalue weighted by molar-refractivity contribution is 5.96. The molecule has 3 aromatic rings. The van der Waals surface area contributed by atoms with Crippen LogP contribution in [0.25, 0.3) is 0 Å². The predicted molar refractivity (Wildman–Crippen MR) is 102 cm³/mol. The van der Waals surface area contributed by atoms with Crippen LogP contribution in [0, 0.1) is 13.8 Å². The molecule has 1 aliphatic heterocycles. The van der Waals surface area contributed by atoms with Gasteiger partial charge in [0.25, 0.3) is 5.91 Å². The molecule has 6 heteroatoms. The molecule has 1 atom stereocenters. The molecular weight excluding hydrogens is 340 g/mol. The maximum Gasteiger partial charge on any atom is 0.259 e. The fourth-order valence-electron chi connectivity index (χ4n) is 3.91. The molecule has 27 heavy (non-hydrogen) atoms. The van der Waals surface area contributed by atoms with Crippen LogP contribution in [0.15, 0.2) is 47.2 Å². The first-order valence-corrected chi connectivity index (χ1v) is 9.40. The van der Waals surface area contributed by atoms with Gasteiger partial charge in [-0.15, -0.1) is 0 Å². The second-order valence-electron chi connectivity index (χ2n) is 7.19. The number of carbonyl (C=O) groups is 1. The minimum atomic E-state index is 0.0112. The van der Waals surface area contributed by atoms with Gasteiger partial charge in [0.2, 0.25) is 0 Å². The maximum absolute atomic E-state index is 13.0. The Bertz CT molecular complexity index is 909. The zero-order valence-corrected chi connectivity index (χ0v) is 15.8. The van der Waals surface area contributed by atoms with Gasteiger partial charge in [0, 0.05) is 37.9 Å². The van der Waals surface area contributed by atoms with Gasteiger partial charge in [-0.2, -0.15) is 0 Å². The number of carbonyl (C=O) groups excluding carboxylic acids is 1. The first-order valence-electron chi connectivity index (χ1n) is 9.40. The van der Waals surface area contributed by atoms with Gasteiger partial charge in [0.05, 0.1) is 5.69 Å². The molecule has 3 heterocycles. The van der Waals surface area contributed by atoms with Crippen LogP contribution in [0.4, 0.5) is 0 Å². The van der Waals surface area contributed by atoms with E-state index >= 15 is 0 Å². The van der Waals surface area contributed by atoms with E-state index < -0.39 is 0 Å². The van der Waals surface area contributed by atoms with Crippen molar-refractivity contribution in [3.63, 3.8) is 0 Å². The van der Waals surface area contributed by atoms with Crippen LogP contribution < -0.4 is 0 Å². The topological polar surface area (TPSA) is 64.2 Å². The summed E-state index contributed by atoms with van der Waals surface area (Å²) in [7, 11) is 0. The fourth-order valence-corrected chi connectivity index (χ4v) is 3.91. The molecule has 2 aromatic heterocycles. The number of rotatable bonds is 4. The number of nitrogens with zero attached hydrogens (tertiary/aromatic N) is 4. The Morgan fingerprint density at radius 1 is 1.26 bits per heavy atom. The predicted octanol–water partition coefficient (Wildman–Crippen LogP) is 3.56. The number of amides is 1. The quantitative estimate of drug-likeness (QED) is 0.710. The molecule has 1 aliphatic rings. The molecule has 1 fully saturated rings. The van der Waals surface area contributed by atoms with Gasteiger partial charge in [-0.25, -0.2) is 4.98 Å². The summed E-state index contributed by atoms with van der Waals surface area (Å²) in [5, 5.41) is 3.92. The highest BCUT2D eigenvalue weighted by Gasteiger charge is 2.30. The van der Waals surface area contributed by atoms with Gasteiger partial charge in [-0.05, 0) is 32.3 Å². The summed E-state index contributed by atoms with van der Waals surface area (Å²) in [6.07, 6.45) is 5.89. The molecule has 1 amide bonds. The normalized spacial score (nSPS) is 17.3. The molecule has 0 aliphatic carbocycles. The summed E-state index contributed by atoms with van der Waals surface area (Å²) < 4.78 is 7.38. The molecule has 6 nitrogen and oxygen atoms in total. The number of aromatic nitrogens is 3. The molecular formula is C21H24N4O2. The van der Waals surface area contributed by atoms with Gasteiger partial charge >= 0.3 is 0 Å². The lowest BCUT2D eigenvalue weighted by molar-refractivity contribution is 0.0701. The van der Waals surface area contributed by atoms with Crippen molar-refractivity contribution >= 4 is 5.91 Å². The lowest BCUT2D eigenvalue weighted by Gasteiger charge is -2.32. The Labute approximate surface area is 158 Å². The van der Waals surface area contributed by atoms with Gasteiger partial charge in [0.15, 0.2) is 0 Å². The highest BCUT2D eigenvalue weighted by Crippen LogP contribution is 2.28. The molecule has 0 bridgehead atoms. The summed E-state index contributed by atoms with van der Waals surface area (Å²) in [4.78, 5) is 19.5. The molecule has 0 spiro atoms. The van der Waals surface area contributed by atoms with Crippen LogP contribution in [0.5, 0.6) is 0 Å². The Hall–Kier alpha value is -2.89. The van der Waals surface area contributed by atoms with Crippen LogP contribution in [0.2, 0.25) is 0 Å². The minimum Gasteiger partial charge on any atom is -0.361 e. The van der Waals surface area contributed by atoms with E-state index in [1.54, 1.807) is 6.92 Å². The molecule has 0 radical (unpaired) electrons. The van der Waals surface area contributed by atoms with Crippen molar-refractivity contribution in [1.29, 1.82) is 0 Å². The van der Waals surface area contributed by atoms with Crippen molar-refractivity contribution in [1.82, 2.24) is 19.6 Å². The van der Waals surface area contributed by atoms with Gasteiger partial charge in [-0.3, -0.25) is 4.79 Å². The molecule has 1 saturated heterocycles. The second-order valence-corrected chi connectivity index (χ2v) is 7.19. The minimum absolute atomic E-state index is 0.0112. The van der Waals surface area contributed by atoms with E-state index in [0.717, 1.165) is 31.8 Å². The lowest BCUT2D eigenvalue weighted by atomic mass is 9.96. The zero-order chi connectivity index (χ0) is 18.8. The Morgan fingerprint density at radius 2 is 2.07 bits per heavy atom. The van der Waals surface area contributed by atoms with Crippen molar-refractivity contribution in [2.24, 2.45) is 0 Å². The molecule has 140 valence electrons. The van der Waals surface area contributed by atoms with Gasteiger partial charge in [-0.1, -0.05) is 35.5 Å². The first kappa shape index (κ1) is 17.5. The molecule has 0 N–H and O–H groups in total. The SMILES string of the molecule is Cc1noc(C)c1C(=O)N1CCCC(c2nccn2Cc2ccccc2)C1. The van der Waals surface area contributed by atoms with E-state index in [1.165, 1.54) is 5.56 Å². The maximum atomic E-state index is 13.0. The number of hydrogen-bond acceptors (Lipinski definition) is 4. The van der Waals surface area contributed by atoms with Crippen molar-refractivity contribution in [2.75, 3.05) is 13.1 Å². The fraction of sp³-hybridized carbons (Fsp3) is 0.381. The van der Waals surface area contributed by atoms with Crippen molar-refractivity contribution in [2.45, 2.75) is 39.2 Å². The number of benzene rings is 1. The third kappa shape index (κ3) is 3.52. The molecule has 1 aromatic carbocycles. The van der Waals surface area contributed by atoms with Crippen LogP contribution in [-0.4, -0.2) is 38.6 Å². The Balaban J connectivity index is 1.52. The largest absolute Gasteiger partial charge is 0.361 e. The summed E-state index contributed by atoms with van der Waals surface area (Å²) in [6, 6.07) is 10.4. The second kappa shape index (κ2) is 7.39. The third-order valence-corrected chi connectivity index (χ3v) is 5.26. The Kier molecular flexibility index (Phi) is 4.79. The smallest absolute Gasteiger partial charge is 0.259 e. The molecule has 4 rings (SSSR count). The number of hydrogen-bond donors (Lipinski definition) is 0. The third-order valence-electron chi connectivity index (χ3n) is 5.26. The standard InChI is InChI=1S/C21H24N4O2/c1-15-19(16(2)27-23-15)21(26)25-11-6-9-18(14-25)20-22-10-12-24(20)13-17-7-4-3-5-8-17/h3-5,7-8,10,12,18H,6,9,11,13-14H2,1-2H3. The lowest BCUT2D eigenvalue weighted by Crippen LogP contribution is -2.40. The Morgan fingerprint density at radius 3 is 2.81 bits per heavy atom. The van der Waals surface area contributed by atoms with E-state index in [4.69, 9.17) is 4.52 Å². The monoisotopic (exact) mass is 364 g/mol. The summed E-state index contributed by atoms with van der Waals surface area (Å²) in [5.74, 6) is 1.89. The highest BCUT2D eigenvalue weighted by atomic mass is 16.5. The number of imidazole rings is 1. The average molecular weight is 364 g/mol. The van der Waals surface area contributed by atoms with Crippen molar-refractivity contribution < 1.29 is 9.32 Å². The van der Waals surface area contributed by atoms with Crippen LogP contribution in [0.1, 0.15) is 52.0 Å². The first-order chi connectivity index (χ1) is 13.1. The van der Waals surface area contributed by atoms with Crippen LogP contribution in [-0.2, 0) is 6.54 Å². The van der Waals surface area contributed by atoms with E-state index in [0.29, 0.717) is 23.6 Å². The number of piperidine rings is 1. The van der Waals surface area contributed by atoms with E-state index in [-0.39, 0.29) is 11.8 Å². The van der Waals surface area contributed by atoms with Crippen molar-refractivity contribution in [3.8, 4) is 0 Å². The van der Waals surface area contributed by atoms with Crippen molar-refractivity contribution in [3.05, 3.63) is 71.1 Å². The van der Waals surface area contributed by atoms with Crippen LogP contribution >= 0.6 is 0 Å². The number of likely N-dealkylation sites (tertiary alicyclic amines) is 1. The van der Waals surface area contributed by atoms with Gasteiger partial charge in [0.1, 0.15) is 17.1 Å². The number of aryl methyl sites for hydroxylation is 2. The summed E-state index contributed by atoms with van der Waals surface area (Å²) in [5.41, 5.74) is 2.50. The summed E-state index contributed by atoms with van der Waals surface area (Å²) >= 11 is 0. The van der Waals surface area contributed by atoms with E-state index in [9.17, 15) is 4.79 Å².